The van der Waals surface area contributed by atoms with Gasteiger partial charge in [-0.15, -0.1) is 0 Å². The lowest BCUT2D eigenvalue weighted by atomic mass is 10.2. The number of hydrogen-bond donors (Lipinski definition) is 1. The summed E-state index contributed by atoms with van der Waals surface area (Å²) in [7, 11) is 0. The van der Waals surface area contributed by atoms with Gasteiger partial charge in [0.15, 0.2) is 0 Å². The largest absolute Gasteiger partial charge is 0.374 e. The molecule has 90 valence electrons. The zero-order valence-corrected chi connectivity index (χ0v) is 10.2. The number of benzene rings is 2. The highest BCUT2D eigenvalue weighted by molar-refractivity contribution is 5.51. The highest BCUT2D eigenvalue weighted by atomic mass is 19.1. The van der Waals surface area contributed by atoms with Crippen LogP contribution in [-0.4, -0.2) is 6.54 Å². The van der Waals surface area contributed by atoms with Crippen molar-refractivity contribution in [3.05, 3.63) is 65.5 Å². The van der Waals surface area contributed by atoms with Crippen LogP contribution < -0.4 is 5.32 Å². The van der Waals surface area contributed by atoms with E-state index in [4.69, 9.17) is 0 Å². The lowest BCUT2D eigenvalue weighted by molar-refractivity contribution is 0.627. The molecule has 0 saturated heterocycles. The lowest BCUT2D eigenvalue weighted by Gasteiger charge is -2.05. The molecule has 0 radical (unpaired) electrons. The van der Waals surface area contributed by atoms with Gasteiger partial charge in [-0.25, -0.2) is 4.39 Å². The monoisotopic (exact) mass is 239 g/mol. The molecule has 0 unspecified atom stereocenters. The van der Waals surface area contributed by atoms with Gasteiger partial charge in [0.2, 0.25) is 0 Å². The van der Waals surface area contributed by atoms with E-state index in [1.807, 2.05) is 37.3 Å². The van der Waals surface area contributed by atoms with Crippen LogP contribution in [-0.2, 0) is 0 Å². The molecule has 0 spiro atoms. The van der Waals surface area contributed by atoms with Gasteiger partial charge in [0.1, 0.15) is 5.82 Å². The third kappa shape index (κ3) is 3.36. The molecule has 0 aliphatic carbocycles. The van der Waals surface area contributed by atoms with E-state index in [2.05, 4.69) is 17.2 Å². The Balaban J connectivity index is 1.95. The zero-order chi connectivity index (χ0) is 12.8. The van der Waals surface area contributed by atoms with Crippen LogP contribution in [0.5, 0.6) is 0 Å². The Labute approximate surface area is 107 Å². The Morgan fingerprint density at radius 3 is 2.61 bits per heavy atom. The van der Waals surface area contributed by atoms with Gasteiger partial charge < -0.3 is 5.32 Å². The minimum Gasteiger partial charge on any atom is -0.374 e. The average Bonchev–Trinajstić information content (AvgIpc) is 2.38. The molecular weight excluding hydrogens is 225 g/mol. The molecule has 0 amide bonds. The van der Waals surface area contributed by atoms with Crippen LogP contribution in [0.25, 0.3) is 0 Å². The first-order valence-electron chi connectivity index (χ1n) is 5.79. The molecule has 0 bridgehead atoms. The average molecular weight is 239 g/mol. The Kier molecular flexibility index (Phi) is 3.98. The van der Waals surface area contributed by atoms with Gasteiger partial charge in [0, 0.05) is 11.3 Å². The molecule has 1 N–H and O–H groups in total. The summed E-state index contributed by atoms with van der Waals surface area (Å²) in [6, 6.07) is 14.5. The molecule has 0 fully saturated rings. The normalized spacial score (nSPS) is 9.44. The summed E-state index contributed by atoms with van der Waals surface area (Å²) < 4.78 is 12.9. The molecule has 18 heavy (non-hydrogen) atoms. The summed E-state index contributed by atoms with van der Waals surface area (Å²) in [5.74, 6) is 5.88. The maximum atomic E-state index is 12.9. The Hall–Kier alpha value is -2.27. The van der Waals surface area contributed by atoms with Crippen molar-refractivity contribution < 1.29 is 4.39 Å². The second kappa shape index (κ2) is 5.88. The number of nitrogens with one attached hydrogen (secondary N) is 1. The SMILES string of the molecule is Cc1cc(F)ccc1NCC#Cc1ccccc1. The van der Waals surface area contributed by atoms with Gasteiger partial charge in [0.25, 0.3) is 0 Å². The smallest absolute Gasteiger partial charge is 0.123 e. The summed E-state index contributed by atoms with van der Waals surface area (Å²) in [6.07, 6.45) is 0. The van der Waals surface area contributed by atoms with Gasteiger partial charge in [0.05, 0.1) is 6.54 Å². The third-order valence-electron chi connectivity index (χ3n) is 2.56. The van der Waals surface area contributed by atoms with Crippen LogP contribution in [0, 0.1) is 24.6 Å². The Bertz CT molecular complexity index is 579. The first kappa shape index (κ1) is 12.2. The van der Waals surface area contributed by atoms with Gasteiger partial charge >= 0.3 is 0 Å². The van der Waals surface area contributed by atoms with Crippen LogP contribution in [0.15, 0.2) is 48.5 Å². The number of hydrogen-bond acceptors (Lipinski definition) is 1. The molecule has 0 saturated carbocycles. The topological polar surface area (TPSA) is 12.0 Å². The summed E-state index contributed by atoms with van der Waals surface area (Å²) in [4.78, 5) is 0. The summed E-state index contributed by atoms with van der Waals surface area (Å²) in [5, 5.41) is 3.17. The van der Waals surface area contributed by atoms with E-state index < -0.39 is 0 Å². The number of rotatable bonds is 2. The van der Waals surface area contributed by atoms with Crippen molar-refractivity contribution in [2.45, 2.75) is 6.92 Å². The minimum absolute atomic E-state index is 0.214. The fourth-order valence-electron chi connectivity index (χ4n) is 1.63. The molecule has 0 atom stereocenters. The summed E-state index contributed by atoms with van der Waals surface area (Å²) >= 11 is 0. The molecule has 1 nitrogen and oxygen atoms in total. The predicted molar refractivity (Wildman–Crippen MR) is 72.9 cm³/mol. The number of anilines is 1. The summed E-state index contributed by atoms with van der Waals surface area (Å²) in [6.45, 7) is 2.41. The van der Waals surface area contributed by atoms with Gasteiger partial charge in [-0.2, -0.15) is 0 Å². The maximum absolute atomic E-state index is 12.9. The molecule has 2 aromatic rings. The van der Waals surface area contributed by atoms with Crippen molar-refractivity contribution >= 4 is 5.69 Å². The van der Waals surface area contributed by atoms with Crippen molar-refractivity contribution in [2.75, 3.05) is 11.9 Å². The molecule has 0 aliphatic rings. The Morgan fingerprint density at radius 1 is 1.11 bits per heavy atom. The quantitative estimate of drug-likeness (QED) is 0.790. The molecule has 0 aromatic heterocycles. The second-order valence-electron chi connectivity index (χ2n) is 3.98. The maximum Gasteiger partial charge on any atom is 0.123 e. The second-order valence-corrected chi connectivity index (χ2v) is 3.98. The van der Waals surface area contributed by atoms with Crippen molar-refractivity contribution in [1.29, 1.82) is 0 Å². The van der Waals surface area contributed by atoms with E-state index in [1.165, 1.54) is 12.1 Å². The molecular formula is C16H14FN. The van der Waals surface area contributed by atoms with E-state index in [-0.39, 0.29) is 5.82 Å². The van der Waals surface area contributed by atoms with Crippen molar-refractivity contribution in [3.8, 4) is 11.8 Å². The Morgan fingerprint density at radius 2 is 1.89 bits per heavy atom. The number of halogens is 1. The van der Waals surface area contributed by atoms with E-state index in [9.17, 15) is 4.39 Å². The van der Waals surface area contributed by atoms with Crippen molar-refractivity contribution in [2.24, 2.45) is 0 Å². The van der Waals surface area contributed by atoms with E-state index >= 15 is 0 Å². The molecule has 2 rings (SSSR count). The fourth-order valence-corrected chi connectivity index (χ4v) is 1.63. The highest BCUT2D eigenvalue weighted by Crippen LogP contribution is 2.14. The van der Waals surface area contributed by atoms with Crippen molar-refractivity contribution in [3.63, 3.8) is 0 Å². The fraction of sp³-hybridized carbons (Fsp3) is 0.125. The first-order chi connectivity index (χ1) is 8.75. The third-order valence-corrected chi connectivity index (χ3v) is 2.56. The van der Waals surface area contributed by atoms with Crippen LogP contribution in [0.1, 0.15) is 11.1 Å². The van der Waals surface area contributed by atoms with Gasteiger partial charge in [-0.05, 0) is 42.8 Å². The van der Waals surface area contributed by atoms with E-state index in [0.717, 1.165) is 16.8 Å². The highest BCUT2D eigenvalue weighted by Gasteiger charge is 1.97. The minimum atomic E-state index is -0.214. The molecule has 0 aliphatic heterocycles. The van der Waals surface area contributed by atoms with Crippen LogP contribution in [0.4, 0.5) is 10.1 Å². The first-order valence-corrected chi connectivity index (χ1v) is 5.79. The van der Waals surface area contributed by atoms with Gasteiger partial charge in [-0.3, -0.25) is 0 Å². The van der Waals surface area contributed by atoms with E-state index in [1.54, 1.807) is 6.07 Å². The zero-order valence-electron chi connectivity index (χ0n) is 10.2. The van der Waals surface area contributed by atoms with Crippen LogP contribution in [0.2, 0.25) is 0 Å². The van der Waals surface area contributed by atoms with E-state index in [0.29, 0.717) is 6.54 Å². The van der Waals surface area contributed by atoms with Gasteiger partial charge in [-0.1, -0.05) is 30.0 Å². The van der Waals surface area contributed by atoms with Crippen LogP contribution in [0.3, 0.4) is 0 Å². The standard InChI is InChI=1S/C16H14FN/c1-13-12-15(17)9-10-16(13)18-11-5-8-14-6-3-2-4-7-14/h2-4,6-7,9-10,12,18H,11H2,1H3. The van der Waals surface area contributed by atoms with Crippen molar-refractivity contribution in [1.82, 2.24) is 0 Å². The predicted octanol–water partition coefficient (Wildman–Crippen LogP) is 3.60. The van der Waals surface area contributed by atoms with Crippen LogP contribution >= 0.6 is 0 Å². The molecule has 2 aromatic carbocycles. The molecule has 2 heteroatoms. The summed E-state index contributed by atoms with van der Waals surface area (Å²) in [5.41, 5.74) is 2.80. The lowest BCUT2D eigenvalue weighted by Crippen LogP contribution is -2.00. The number of aryl methyl sites for hydroxylation is 1. The molecule has 0 heterocycles.